The van der Waals surface area contributed by atoms with Gasteiger partial charge in [0.15, 0.2) is 16.0 Å². The maximum Gasteiger partial charge on any atom is 0.296 e. The van der Waals surface area contributed by atoms with Crippen molar-refractivity contribution in [3.05, 3.63) is 34.6 Å². The van der Waals surface area contributed by atoms with Crippen LogP contribution in [-0.4, -0.2) is 80.6 Å². The zero-order valence-corrected chi connectivity index (χ0v) is 21.0. The summed E-state index contributed by atoms with van der Waals surface area (Å²) in [5.41, 5.74) is 10.9. The number of nitrogen functional groups attached to an aromatic ring is 1. The van der Waals surface area contributed by atoms with Crippen LogP contribution < -0.4 is 16.5 Å². The molecule has 4 N–H and O–H groups in total. The average molecular weight is 523 g/mol. The lowest BCUT2D eigenvalue weighted by Crippen LogP contribution is -2.70. The summed E-state index contributed by atoms with van der Waals surface area (Å²) < 4.78 is 0. The van der Waals surface area contributed by atoms with Gasteiger partial charge < -0.3 is 15.9 Å². The van der Waals surface area contributed by atoms with E-state index < -0.39 is 17.9 Å². The first kappa shape index (κ1) is 24.1. The van der Waals surface area contributed by atoms with Gasteiger partial charge in [-0.2, -0.15) is 4.99 Å². The van der Waals surface area contributed by atoms with E-state index in [9.17, 15) is 14.4 Å². The largest absolute Gasteiger partial charge is 0.398 e. The molecule has 15 heteroatoms. The van der Waals surface area contributed by atoms with Crippen molar-refractivity contribution >= 4 is 68.6 Å². The summed E-state index contributed by atoms with van der Waals surface area (Å²) in [6.07, 6.45) is 0. The van der Waals surface area contributed by atoms with E-state index in [0.717, 1.165) is 11.3 Å². The Bertz CT molecular complexity index is 1160. The first-order valence-electron chi connectivity index (χ1n) is 9.93. The van der Waals surface area contributed by atoms with Crippen molar-refractivity contribution in [1.82, 2.24) is 25.6 Å². The molecule has 0 aromatic carbocycles. The number of oxime groups is 1. The van der Waals surface area contributed by atoms with Gasteiger partial charge >= 0.3 is 0 Å². The predicted molar refractivity (Wildman–Crippen MR) is 133 cm³/mol. The SMILES string of the molecule is C=C1NN(C)C(SCC2=C(C)N3C(=O)[C@@H](NC(=O)C(=NOC)c4csc(N)n4)[C@H]3SC2)=NC1=O. The number of hydrogen-bond donors (Lipinski definition) is 3. The number of aliphatic imine (C=N–C) groups is 1. The van der Waals surface area contributed by atoms with Gasteiger partial charge in [0, 0.05) is 29.6 Å². The van der Waals surface area contributed by atoms with Crippen molar-refractivity contribution in [2.24, 2.45) is 10.1 Å². The van der Waals surface area contributed by atoms with Crippen molar-refractivity contribution in [3.8, 4) is 0 Å². The van der Waals surface area contributed by atoms with E-state index in [-0.39, 0.29) is 28.4 Å². The van der Waals surface area contributed by atoms with Crippen LogP contribution in [0.4, 0.5) is 5.13 Å². The number of aromatic nitrogens is 1. The highest BCUT2D eigenvalue weighted by molar-refractivity contribution is 8.14. The molecule has 1 fully saturated rings. The summed E-state index contributed by atoms with van der Waals surface area (Å²) in [6, 6.07) is -0.693. The average Bonchev–Trinajstić information content (AvgIpc) is 3.23. The van der Waals surface area contributed by atoms with Crippen molar-refractivity contribution < 1.29 is 19.2 Å². The number of hydrogen-bond acceptors (Lipinski definition) is 12. The highest BCUT2D eigenvalue weighted by Gasteiger charge is 2.51. The molecule has 180 valence electrons. The molecule has 4 heterocycles. The number of allylic oxidation sites excluding steroid dienone is 1. The van der Waals surface area contributed by atoms with Crippen LogP contribution in [0.2, 0.25) is 0 Å². The second-order valence-electron chi connectivity index (χ2n) is 7.38. The zero-order valence-electron chi connectivity index (χ0n) is 18.5. The number of thioether (sulfide) groups is 2. The van der Waals surface area contributed by atoms with Crippen LogP contribution in [0, 0.1) is 0 Å². The van der Waals surface area contributed by atoms with Gasteiger partial charge in [-0.1, -0.05) is 23.5 Å². The number of carbonyl (C=O) groups is 3. The maximum atomic E-state index is 12.9. The summed E-state index contributed by atoms with van der Waals surface area (Å²) in [4.78, 5) is 52.1. The Kier molecular flexibility index (Phi) is 6.86. The molecule has 1 aromatic rings. The number of carbonyl (C=O) groups excluding carboxylic acids is 3. The summed E-state index contributed by atoms with van der Waals surface area (Å²) in [7, 11) is 3.08. The Morgan fingerprint density at radius 2 is 2.26 bits per heavy atom. The Hall–Kier alpha value is -3.04. The van der Waals surface area contributed by atoms with Crippen LogP contribution in [-0.2, 0) is 19.2 Å². The number of amidine groups is 1. The van der Waals surface area contributed by atoms with Crippen molar-refractivity contribution in [2.45, 2.75) is 18.3 Å². The fourth-order valence-electron chi connectivity index (χ4n) is 3.44. The molecule has 3 aliphatic rings. The summed E-state index contributed by atoms with van der Waals surface area (Å²) in [5, 5.41) is 10.3. The summed E-state index contributed by atoms with van der Waals surface area (Å²) in [5.74, 6) is 0.0583. The molecule has 0 unspecified atom stereocenters. The summed E-state index contributed by atoms with van der Waals surface area (Å²) >= 11 is 4.13. The molecule has 4 rings (SSSR count). The van der Waals surface area contributed by atoms with Gasteiger partial charge in [0.1, 0.15) is 29.9 Å². The van der Waals surface area contributed by atoms with Crippen molar-refractivity contribution in [3.63, 3.8) is 0 Å². The lowest BCUT2D eigenvalue weighted by molar-refractivity contribution is -0.145. The number of amides is 3. The van der Waals surface area contributed by atoms with E-state index in [0.29, 0.717) is 21.8 Å². The maximum absolute atomic E-state index is 12.9. The Balaban J connectivity index is 1.41. The van der Waals surface area contributed by atoms with Gasteiger partial charge in [0.05, 0.1) is 0 Å². The molecule has 1 saturated heterocycles. The van der Waals surface area contributed by atoms with E-state index in [4.69, 9.17) is 10.6 Å². The molecule has 3 aliphatic heterocycles. The standard InChI is InChI=1S/C19H22N8O4S3/c1-8-14(28)23-19(26(3)24-8)34-6-10-5-32-17-13(16(30)27(17)9(10)2)22-15(29)12(25-31-4)11-7-33-18(20)21-11/h7,13,17,24H,1,5-6H2,2-4H3,(H2,20,21)(H,22,29)/t13-,17-/m1/s1. The van der Waals surface area contributed by atoms with Gasteiger partial charge in [0.25, 0.3) is 17.7 Å². The second kappa shape index (κ2) is 9.68. The molecule has 2 atom stereocenters. The number of hydrazine groups is 1. The molecule has 0 radical (unpaired) electrons. The monoisotopic (exact) mass is 522 g/mol. The number of thiazole rings is 1. The zero-order chi connectivity index (χ0) is 24.6. The second-order valence-corrected chi connectivity index (χ2v) is 10.3. The molecular weight excluding hydrogens is 500 g/mol. The van der Waals surface area contributed by atoms with Crippen molar-refractivity contribution in [1.29, 1.82) is 0 Å². The van der Waals surface area contributed by atoms with Crippen LogP contribution >= 0.6 is 34.9 Å². The molecule has 0 aliphatic carbocycles. The van der Waals surface area contributed by atoms with Crippen LogP contribution in [0.1, 0.15) is 12.6 Å². The quantitative estimate of drug-likeness (QED) is 0.206. The third-order valence-corrected chi connectivity index (χ3v) is 8.34. The first-order valence-corrected chi connectivity index (χ1v) is 12.8. The Morgan fingerprint density at radius 1 is 1.50 bits per heavy atom. The van der Waals surface area contributed by atoms with E-state index in [2.05, 4.69) is 32.5 Å². The molecule has 1 aromatic heterocycles. The minimum atomic E-state index is -0.693. The van der Waals surface area contributed by atoms with E-state index in [1.54, 1.807) is 34.1 Å². The Morgan fingerprint density at radius 3 is 2.94 bits per heavy atom. The van der Waals surface area contributed by atoms with Gasteiger partial charge in [-0.3, -0.25) is 29.7 Å². The number of nitrogens with two attached hydrogens (primary N) is 1. The van der Waals surface area contributed by atoms with Crippen LogP contribution in [0.3, 0.4) is 0 Å². The molecule has 0 bridgehead atoms. The molecule has 0 spiro atoms. The molecule has 0 saturated carbocycles. The highest BCUT2D eigenvalue weighted by atomic mass is 32.2. The minimum absolute atomic E-state index is 0.0462. The molecular formula is C19H22N8O4S3. The van der Waals surface area contributed by atoms with Crippen molar-refractivity contribution in [2.75, 3.05) is 31.4 Å². The number of nitrogens with zero attached hydrogens (tertiary/aromatic N) is 5. The van der Waals surface area contributed by atoms with E-state index in [1.807, 2.05) is 6.92 Å². The number of β-lactam (4-membered cyclic amide) rings is 1. The number of rotatable bonds is 6. The third-order valence-electron chi connectivity index (χ3n) is 5.21. The minimum Gasteiger partial charge on any atom is -0.398 e. The fourth-order valence-corrected chi connectivity index (χ4v) is 6.59. The van der Waals surface area contributed by atoms with E-state index in [1.165, 1.54) is 30.2 Å². The highest BCUT2D eigenvalue weighted by Crippen LogP contribution is 2.41. The lowest BCUT2D eigenvalue weighted by atomic mass is 10.0. The van der Waals surface area contributed by atoms with Crippen LogP contribution in [0.25, 0.3) is 0 Å². The number of nitrogens with one attached hydrogen (secondary N) is 2. The lowest BCUT2D eigenvalue weighted by Gasteiger charge is -2.50. The third kappa shape index (κ3) is 4.50. The first-order chi connectivity index (χ1) is 16.2. The van der Waals surface area contributed by atoms with Crippen LogP contribution in [0.15, 0.2) is 39.1 Å². The number of anilines is 1. The Labute approximate surface area is 207 Å². The topological polar surface area (TPSA) is 155 Å². The van der Waals surface area contributed by atoms with Gasteiger partial charge in [-0.25, -0.2) is 4.98 Å². The fraction of sp³-hybridized carbons (Fsp3) is 0.368. The summed E-state index contributed by atoms with van der Waals surface area (Å²) in [6.45, 7) is 5.50. The normalized spacial score (nSPS) is 22.7. The number of fused-ring (bicyclic) bond motifs is 1. The smallest absolute Gasteiger partial charge is 0.296 e. The van der Waals surface area contributed by atoms with Gasteiger partial charge in [-0.15, -0.1) is 23.1 Å². The van der Waals surface area contributed by atoms with Gasteiger partial charge in [0.2, 0.25) is 0 Å². The van der Waals surface area contributed by atoms with Gasteiger partial charge in [-0.05, 0) is 12.5 Å². The molecule has 34 heavy (non-hydrogen) atoms. The van der Waals surface area contributed by atoms with E-state index >= 15 is 0 Å². The molecule has 12 nitrogen and oxygen atoms in total. The predicted octanol–water partition coefficient (Wildman–Crippen LogP) is 0.329. The van der Waals surface area contributed by atoms with Crippen LogP contribution in [0.5, 0.6) is 0 Å². The molecule has 3 amide bonds.